The highest BCUT2D eigenvalue weighted by Crippen LogP contribution is 2.41. The summed E-state index contributed by atoms with van der Waals surface area (Å²) in [6.07, 6.45) is 1.76. The number of hydrogen-bond donors (Lipinski definition) is 3. The molecule has 7 nitrogen and oxygen atoms in total. The van der Waals surface area contributed by atoms with Gasteiger partial charge in [0.25, 0.3) is 0 Å². The summed E-state index contributed by atoms with van der Waals surface area (Å²) in [4.78, 5) is 18.1. The van der Waals surface area contributed by atoms with Crippen molar-refractivity contribution in [3.8, 4) is 5.69 Å². The second-order valence-corrected chi connectivity index (χ2v) is 8.40. The number of β-amino-alcohol motifs (C(OH)–C–C–N with tert-alkyl or cyclic N) is 1. The number of carbonyl (C=O) groups is 1. The van der Waals surface area contributed by atoms with E-state index >= 15 is 0 Å². The van der Waals surface area contributed by atoms with Gasteiger partial charge >= 0.3 is 5.97 Å². The van der Waals surface area contributed by atoms with Crippen LogP contribution in [0.3, 0.4) is 0 Å². The van der Waals surface area contributed by atoms with Crippen molar-refractivity contribution in [2.24, 2.45) is 0 Å². The number of nitrogens with one attached hydrogen (secondary N) is 1. The second-order valence-electron chi connectivity index (χ2n) is 8.01. The summed E-state index contributed by atoms with van der Waals surface area (Å²) in [7, 11) is 0. The summed E-state index contributed by atoms with van der Waals surface area (Å²) in [5.74, 6) is -0.955. The Hall–Kier alpha value is -3.23. The fraction of sp³-hybridized carbons (Fsp3) is 0.292. The van der Waals surface area contributed by atoms with Gasteiger partial charge in [0.1, 0.15) is 0 Å². The van der Waals surface area contributed by atoms with Crippen LogP contribution < -0.4 is 5.32 Å². The van der Waals surface area contributed by atoms with E-state index in [1.165, 1.54) is 0 Å². The first kappa shape index (κ1) is 22.0. The van der Waals surface area contributed by atoms with E-state index in [0.717, 1.165) is 33.9 Å². The Morgan fingerprint density at radius 2 is 1.97 bits per heavy atom. The predicted molar refractivity (Wildman–Crippen MR) is 126 cm³/mol. The van der Waals surface area contributed by atoms with Crippen LogP contribution in [0.2, 0.25) is 0 Å². The lowest BCUT2D eigenvalue weighted by molar-refractivity contribution is 0.0697. The monoisotopic (exact) mass is 450 g/mol. The Labute approximate surface area is 192 Å². The van der Waals surface area contributed by atoms with Crippen LogP contribution in [0.1, 0.15) is 50.7 Å². The van der Waals surface area contributed by atoms with Gasteiger partial charge in [-0.2, -0.15) is 0 Å². The highest BCUT2D eigenvalue weighted by molar-refractivity contribution is 7.80. The number of aromatic carboxylic acids is 1. The lowest BCUT2D eigenvalue weighted by Crippen LogP contribution is -2.32. The van der Waals surface area contributed by atoms with Crippen molar-refractivity contribution in [2.45, 2.75) is 32.9 Å². The van der Waals surface area contributed by atoms with Crippen LogP contribution >= 0.6 is 12.2 Å². The van der Waals surface area contributed by atoms with Gasteiger partial charge in [-0.1, -0.05) is 12.1 Å². The number of thiocarbonyl (C=S) groups is 1. The average molecular weight is 451 g/mol. The summed E-state index contributed by atoms with van der Waals surface area (Å²) < 4.78 is 2.09. The zero-order valence-corrected chi connectivity index (χ0v) is 19.1. The third-order valence-corrected chi connectivity index (χ3v) is 6.38. The summed E-state index contributed by atoms with van der Waals surface area (Å²) in [5.41, 5.74) is 5.97. The van der Waals surface area contributed by atoms with E-state index in [9.17, 15) is 15.0 Å². The number of nitrogens with zero attached hydrogens (tertiary/aromatic N) is 3. The van der Waals surface area contributed by atoms with Crippen LogP contribution in [0.25, 0.3) is 5.69 Å². The number of carboxylic acid groups (broad SMARTS) is 1. The van der Waals surface area contributed by atoms with E-state index in [-0.39, 0.29) is 24.3 Å². The average Bonchev–Trinajstić information content (AvgIpc) is 3.25. The van der Waals surface area contributed by atoms with Crippen molar-refractivity contribution in [2.75, 3.05) is 13.2 Å². The topological polar surface area (TPSA) is 90.6 Å². The van der Waals surface area contributed by atoms with Gasteiger partial charge in [0.15, 0.2) is 5.11 Å². The molecule has 0 spiro atoms. The van der Waals surface area contributed by atoms with E-state index in [0.29, 0.717) is 11.7 Å². The van der Waals surface area contributed by atoms with Crippen molar-refractivity contribution < 1.29 is 15.0 Å². The third kappa shape index (κ3) is 3.76. The molecule has 0 unspecified atom stereocenters. The van der Waals surface area contributed by atoms with Crippen molar-refractivity contribution in [1.29, 1.82) is 0 Å². The first-order valence-corrected chi connectivity index (χ1v) is 10.9. The van der Waals surface area contributed by atoms with E-state index in [1.807, 2.05) is 49.9 Å². The molecule has 0 radical (unpaired) electrons. The van der Waals surface area contributed by atoms with Crippen molar-refractivity contribution in [3.63, 3.8) is 0 Å². The van der Waals surface area contributed by atoms with Gasteiger partial charge in [-0.3, -0.25) is 4.98 Å². The number of rotatable bonds is 6. The molecule has 3 heterocycles. The van der Waals surface area contributed by atoms with E-state index < -0.39 is 5.97 Å². The van der Waals surface area contributed by atoms with E-state index in [1.54, 1.807) is 18.3 Å². The van der Waals surface area contributed by atoms with Crippen LogP contribution in [0.5, 0.6) is 0 Å². The lowest BCUT2D eigenvalue weighted by Gasteiger charge is -2.27. The van der Waals surface area contributed by atoms with Gasteiger partial charge in [0, 0.05) is 29.8 Å². The molecule has 32 heavy (non-hydrogen) atoms. The minimum Gasteiger partial charge on any atom is -0.478 e. The Kier molecular flexibility index (Phi) is 5.99. The molecule has 2 aromatic heterocycles. The molecule has 3 aromatic rings. The quantitative estimate of drug-likeness (QED) is 0.496. The summed E-state index contributed by atoms with van der Waals surface area (Å²) in [6.45, 7) is 6.39. The fourth-order valence-corrected chi connectivity index (χ4v) is 4.87. The third-order valence-electron chi connectivity index (χ3n) is 6.02. The molecule has 1 fully saturated rings. The number of aryl methyl sites for hydroxylation is 2. The second kappa shape index (κ2) is 8.72. The maximum absolute atomic E-state index is 11.6. The number of aliphatic hydroxyl groups is 1. The van der Waals surface area contributed by atoms with Crippen LogP contribution in [0, 0.1) is 20.8 Å². The smallest absolute Gasteiger partial charge is 0.335 e. The first-order valence-electron chi connectivity index (χ1n) is 10.5. The molecule has 0 bridgehead atoms. The Morgan fingerprint density at radius 1 is 1.19 bits per heavy atom. The highest BCUT2D eigenvalue weighted by Gasteiger charge is 2.41. The summed E-state index contributed by atoms with van der Waals surface area (Å²) in [6, 6.07) is 12.7. The zero-order valence-electron chi connectivity index (χ0n) is 18.2. The number of aliphatic hydroxyl groups excluding tert-OH is 1. The van der Waals surface area contributed by atoms with Gasteiger partial charge in [-0.15, -0.1) is 0 Å². The number of benzene rings is 1. The highest BCUT2D eigenvalue weighted by atomic mass is 32.1. The maximum atomic E-state index is 11.6. The molecule has 2 atom stereocenters. The molecule has 4 rings (SSSR count). The molecule has 166 valence electrons. The standard InChI is InChI=1S/C24H26N4O3S/c1-14-7-8-17(23(30)31)13-20(14)28-15(2)12-18(16(28)3)22-21(19-6-4-5-9-25-19)26-24(32)27(22)10-11-29/h4-9,12-13,21-22,29H,10-11H2,1-3H3,(H,26,32)(H,30,31)/t21-,22+/m0/s1. The SMILES string of the molecule is Cc1ccc(C(=O)O)cc1-n1c(C)cc([C@@H]2[C@H](c3ccccn3)NC(=S)N2CCO)c1C. The molecule has 0 saturated carbocycles. The Bertz CT molecular complexity index is 1180. The summed E-state index contributed by atoms with van der Waals surface area (Å²) >= 11 is 5.61. The predicted octanol–water partition coefficient (Wildman–Crippen LogP) is 3.46. The van der Waals surface area contributed by atoms with Crippen molar-refractivity contribution >= 4 is 23.3 Å². The molecule has 0 aliphatic carbocycles. The van der Waals surface area contributed by atoms with Crippen LogP contribution in [0.15, 0.2) is 48.7 Å². The number of carboxylic acids is 1. The van der Waals surface area contributed by atoms with E-state index in [2.05, 4.69) is 20.9 Å². The number of hydrogen-bond acceptors (Lipinski definition) is 4. The van der Waals surface area contributed by atoms with Crippen LogP contribution in [-0.2, 0) is 0 Å². The molecular weight excluding hydrogens is 424 g/mol. The largest absolute Gasteiger partial charge is 0.478 e. The van der Waals surface area contributed by atoms with E-state index in [4.69, 9.17) is 12.2 Å². The number of pyridine rings is 1. The van der Waals surface area contributed by atoms with Gasteiger partial charge in [0.05, 0.1) is 29.9 Å². The maximum Gasteiger partial charge on any atom is 0.335 e. The van der Waals surface area contributed by atoms with Gasteiger partial charge in [-0.25, -0.2) is 4.79 Å². The minimum atomic E-state index is -0.955. The van der Waals surface area contributed by atoms with Gasteiger partial charge in [0.2, 0.25) is 0 Å². The molecule has 3 N–H and O–H groups in total. The first-order chi connectivity index (χ1) is 15.3. The normalized spacial score (nSPS) is 18.1. The summed E-state index contributed by atoms with van der Waals surface area (Å²) in [5, 5.41) is 23.1. The van der Waals surface area contributed by atoms with Crippen molar-refractivity contribution in [3.05, 3.63) is 82.4 Å². The molecule has 8 heteroatoms. The Morgan fingerprint density at radius 3 is 2.62 bits per heavy atom. The van der Waals surface area contributed by atoms with Gasteiger partial charge in [-0.05, 0) is 74.4 Å². The molecule has 1 aliphatic rings. The molecule has 1 saturated heterocycles. The van der Waals surface area contributed by atoms with Gasteiger partial charge < -0.3 is 25.0 Å². The van der Waals surface area contributed by atoms with Crippen LogP contribution in [-0.4, -0.2) is 48.9 Å². The molecule has 0 amide bonds. The minimum absolute atomic E-state index is 0.0221. The lowest BCUT2D eigenvalue weighted by atomic mass is 9.97. The van der Waals surface area contributed by atoms with Crippen molar-refractivity contribution in [1.82, 2.24) is 19.8 Å². The molecule has 1 aromatic carbocycles. The zero-order chi connectivity index (χ0) is 23.0. The number of aromatic nitrogens is 2. The molecule has 1 aliphatic heterocycles. The molecular formula is C24H26N4O3S. The fourth-order valence-electron chi connectivity index (χ4n) is 4.53. The van der Waals surface area contributed by atoms with Crippen LogP contribution in [0.4, 0.5) is 0 Å². The Balaban J connectivity index is 1.86.